The standard InChI is InChI=1S/C14H8Cl3N3O2S2/c15-9-6-10(16)12(11(17)7-9)24(21,22)20-14-19-18-13(23-14)8-4-2-1-3-5-8/h1-7H,(H,19,20). The summed E-state index contributed by atoms with van der Waals surface area (Å²) in [6.45, 7) is 0. The summed E-state index contributed by atoms with van der Waals surface area (Å²) in [6, 6.07) is 11.9. The highest BCUT2D eigenvalue weighted by molar-refractivity contribution is 7.93. The lowest BCUT2D eigenvalue weighted by atomic mass is 10.2. The highest BCUT2D eigenvalue weighted by Crippen LogP contribution is 2.34. The van der Waals surface area contributed by atoms with Crippen molar-refractivity contribution in [2.24, 2.45) is 0 Å². The Hall–Kier alpha value is -1.38. The molecule has 0 aliphatic heterocycles. The number of sulfonamides is 1. The Morgan fingerprint density at radius 2 is 1.58 bits per heavy atom. The lowest BCUT2D eigenvalue weighted by molar-refractivity contribution is 0.601. The van der Waals surface area contributed by atoms with Gasteiger partial charge in [0.2, 0.25) is 5.13 Å². The quantitative estimate of drug-likeness (QED) is 0.647. The smallest absolute Gasteiger partial charge is 0.253 e. The SMILES string of the molecule is O=S(=O)(Nc1nnc(-c2ccccc2)s1)c1c(Cl)cc(Cl)cc1Cl. The van der Waals surface area contributed by atoms with Crippen molar-refractivity contribution >= 4 is 61.3 Å². The Labute approximate surface area is 157 Å². The molecule has 124 valence electrons. The molecule has 0 spiro atoms. The fourth-order valence-electron chi connectivity index (χ4n) is 1.91. The predicted molar refractivity (Wildman–Crippen MR) is 97.6 cm³/mol. The van der Waals surface area contributed by atoms with Crippen LogP contribution < -0.4 is 4.72 Å². The molecule has 10 heteroatoms. The molecule has 0 aliphatic carbocycles. The second-order valence-electron chi connectivity index (χ2n) is 4.58. The van der Waals surface area contributed by atoms with Gasteiger partial charge < -0.3 is 0 Å². The van der Waals surface area contributed by atoms with Gasteiger partial charge in [0.1, 0.15) is 9.90 Å². The van der Waals surface area contributed by atoms with Crippen LogP contribution in [0.3, 0.4) is 0 Å². The zero-order valence-corrected chi connectivity index (χ0v) is 15.6. The number of anilines is 1. The zero-order valence-electron chi connectivity index (χ0n) is 11.7. The number of hydrogen-bond donors (Lipinski definition) is 1. The maximum Gasteiger partial charge on any atom is 0.266 e. The van der Waals surface area contributed by atoms with Gasteiger partial charge in [-0.05, 0) is 12.1 Å². The van der Waals surface area contributed by atoms with E-state index in [1.54, 1.807) is 0 Å². The minimum absolute atomic E-state index is 0.0761. The summed E-state index contributed by atoms with van der Waals surface area (Å²) in [4.78, 5) is -0.258. The lowest BCUT2D eigenvalue weighted by Crippen LogP contribution is -2.14. The molecule has 1 aromatic heterocycles. The van der Waals surface area contributed by atoms with Crippen LogP contribution in [0.4, 0.5) is 5.13 Å². The van der Waals surface area contributed by atoms with Crippen molar-refractivity contribution in [3.63, 3.8) is 0 Å². The largest absolute Gasteiger partial charge is 0.266 e. The van der Waals surface area contributed by atoms with E-state index in [4.69, 9.17) is 34.8 Å². The second kappa shape index (κ2) is 6.85. The van der Waals surface area contributed by atoms with E-state index in [1.165, 1.54) is 12.1 Å². The second-order valence-corrected chi connectivity index (χ2v) is 8.43. The van der Waals surface area contributed by atoms with Crippen LogP contribution in [-0.4, -0.2) is 18.6 Å². The molecular weight excluding hydrogens is 413 g/mol. The molecule has 0 saturated carbocycles. The Kier molecular flexibility index (Phi) is 4.98. The highest BCUT2D eigenvalue weighted by atomic mass is 35.5. The zero-order chi connectivity index (χ0) is 17.3. The average Bonchev–Trinajstić information content (AvgIpc) is 2.94. The van der Waals surface area contributed by atoms with E-state index in [0.717, 1.165) is 16.9 Å². The molecule has 0 atom stereocenters. The van der Waals surface area contributed by atoms with Crippen LogP contribution in [0.2, 0.25) is 15.1 Å². The molecule has 2 aromatic carbocycles. The van der Waals surface area contributed by atoms with Gasteiger partial charge in [0.05, 0.1) is 10.0 Å². The van der Waals surface area contributed by atoms with Crippen molar-refractivity contribution in [1.82, 2.24) is 10.2 Å². The highest BCUT2D eigenvalue weighted by Gasteiger charge is 2.24. The Bertz CT molecular complexity index is 969. The van der Waals surface area contributed by atoms with Crippen molar-refractivity contribution < 1.29 is 8.42 Å². The normalized spacial score (nSPS) is 11.5. The van der Waals surface area contributed by atoms with E-state index in [2.05, 4.69) is 14.9 Å². The Morgan fingerprint density at radius 3 is 2.21 bits per heavy atom. The number of rotatable bonds is 4. The van der Waals surface area contributed by atoms with Gasteiger partial charge in [-0.1, -0.05) is 76.5 Å². The first kappa shape index (κ1) is 17.4. The molecule has 0 aliphatic rings. The number of nitrogens with one attached hydrogen (secondary N) is 1. The predicted octanol–water partition coefficient (Wildman–Crippen LogP) is 4.97. The summed E-state index contributed by atoms with van der Waals surface area (Å²) in [5.41, 5.74) is 0.836. The van der Waals surface area contributed by atoms with Crippen molar-refractivity contribution in [2.45, 2.75) is 4.90 Å². The van der Waals surface area contributed by atoms with Gasteiger partial charge in [-0.2, -0.15) is 0 Å². The number of halogens is 3. The minimum atomic E-state index is -4.02. The molecule has 0 radical (unpaired) electrons. The van der Waals surface area contributed by atoms with Crippen molar-refractivity contribution in [1.29, 1.82) is 0 Å². The molecule has 0 unspecified atom stereocenters. The van der Waals surface area contributed by atoms with Crippen molar-refractivity contribution in [2.75, 3.05) is 4.72 Å². The van der Waals surface area contributed by atoms with E-state index in [9.17, 15) is 8.42 Å². The number of hydrogen-bond acceptors (Lipinski definition) is 5. The van der Waals surface area contributed by atoms with Gasteiger partial charge in [-0.25, -0.2) is 8.42 Å². The van der Waals surface area contributed by atoms with Crippen LogP contribution in [0, 0.1) is 0 Å². The van der Waals surface area contributed by atoms with Crippen LogP contribution in [-0.2, 0) is 10.0 Å². The molecular formula is C14H8Cl3N3O2S2. The van der Waals surface area contributed by atoms with E-state index < -0.39 is 10.0 Å². The molecule has 24 heavy (non-hydrogen) atoms. The fraction of sp³-hybridized carbons (Fsp3) is 0. The Balaban J connectivity index is 1.93. The first-order valence-electron chi connectivity index (χ1n) is 6.43. The molecule has 5 nitrogen and oxygen atoms in total. The van der Waals surface area contributed by atoms with Crippen LogP contribution in [0.25, 0.3) is 10.6 Å². The summed E-state index contributed by atoms with van der Waals surface area (Å²) in [6.07, 6.45) is 0. The summed E-state index contributed by atoms with van der Waals surface area (Å²) in [5.74, 6) is 0. The average molecular weight is 421 g/mol. The molecule has 1 N–H and O–H groups in total. The minimum Gasteiger partial charge on any atom is -0.253 e. The van der Waals surface area contributed by atoms with E-state index >= 15 is 0 Å². The van der Waals surface area contributed by atoms with Gasteiger partial charge in [0.15, 0.2) is 0 Å². The van der Waals surface area contributed by atoms with Crippen LogP contribution in [0.5, 0.6) is 0 Å². The summed E-state index contributed by atoms with van der Waals surface area (Å²) < 4.78 is 27.4. The molecule has 0 bridgehead atoms. The van der Waals surface area contributed by atoms with E-state index in [1.807, 2.05) is 30.3 Å². The molecule has 3 rings (SSSR count). The molecule has 3 aromatic rings. The maximum absolute atomic E-state index is 12.5. The molecule has 0 fully saturated rings. The van der Waals surface area contributed by atoms with Gasteiger partial charge in [0, 0.05) is 10.6 Å². The summed E-state index contributed by atoms with van der Waals surface area (Å²) in [7, 11) is -4.02. The third-order valence-electron chi connectivity index (χ3n) is 2.90. The third-order valence-corrected chi connectivity index (χ3v) is 6.39. The number of nitrogens with zero attached hydrogens (tertiary/aromatic N) is 2. The first-order valence-corrected chi connectivity index (χ1v) is 9.86. The lowest BCUT2D eigenvalue weighted by Gasteiger charge is -2.09. The van der Waals surface area contributed by atoms with Gasteiger partial charge in [-0.15, -0.1) is 10.2 Å². The van der Waals surface area contributed by atoms with Gasteiger partial charge >= 0.3 is 0 Å². The molecule has 1 heterocycles. The molecule has 0 amide bonds. The number of benzene rings is 2. The third kappa shape index (κ3) is 3.65. The molecule has 0 saturated heterocycles. The summed E-state index contributed by atoms with van der Waals surface area (Å²) in [5, 5.41) is 8.61. The monoisotopic (exact) mass is 419 g/mol. The van der Waals surface area contributed by atoms with Crippen LogP contribution >= 0.6 is 46.1 Å². The fourth-order valence-corrected chi connectivity index (χ4v) is 5.44. The van der Waals surface area contributed by atoms with Gasteiger partial charge in [-0.3, -0.25) is 4.72 Å². The summed E-state index contributed by atoms with van der Waals surface area (Å²) >= 11 is 18.8. The topological polar surface area (TPSA) is 72.0 Å². The van der Waals surface area contributed by atoms with E-state index in [-0.39, 0.29) is 25.1 Å². The van der Waals surface area contributed by atoms with Crippen molar-refractivity contribution in [3.8, 4) is 10.6 Å². The van der Waals surface area contributed by atoms with Crippen LogP contribution in [0.1, 0.15) is 0 Å². The maximum atomic E-state index is 12.5. The van der Waals surface area contributed by atoms with E-state index in [0.29, 0.717) is 5.01 Å². The van der Waals surface area contributed by atoms with Crippen molar-refractivity contribution in [3.05, 3.63) is 57.5 Å². The van der Waals surface area contributed by atoms with Gasteiger partial charge in [0.25, 0.3) is 10.0 Å². The first-order chi connectivity index (χ1) is 11.4. The van der Waals surface area contributed by atoms with Crippen LogP contribution in [0.15, 0.2) is 47.4 Å². The Morgan fingerprint density at radius 1 is 0.958 bits per heavy atom. The number of aromatic nitrogens is 2.